The fourth-order valence-electron chi connectivity index (χ4n) is 3.85. The van der Waals surface area contributed by atoms with Crippen LogP contribution in [0, 0.1) is 29.0 Å². The quantitative estimate of drug-likeness (QED) is 0.747. The first-order valence-electron chi connectivity index (χ1n) is 9.70. The highest BCUT2D eigenvalue weighted by atomic mass is 19.1. The number of benzene rings is 1. The number of nitrogens with zero attached hydrogens (tertiary/aromatic N) is 3. The fraction of sp³-hybridized carbons (Fsp3) is 0.550. The molecule has 2 aliphatic rings. The second-order valence-electron chi connectivity index (χ2n) is 7.43. The summed E-state index contributed by atoms with van der Waals surface area (Å²) >= 11 is 0. The average Bonchev–Trinajstić information content (AvgIpc) is 3.08. The number of hydrogen-bond donors (Lipinski definition) is 2. The zero-order valence-electron chi connectivity index (χ0n) is 16.3. The van der Waals surface area contributed by atoms with Crippen molar-refractivity contribution in [3.05, 3.63) is 24.0 Å². The second kappa shape index (κ2) is 9.09. The summed E-state index contributed by atoms with van der Waals surface area (Å²) < 4.78 is 20.0. The number of cyclic esters (lactones) is 1. The first-order chi connectivity index (χ1) is 13.9. The van der Waals surface area contributed by atoms with Crippen molar-refractivity contribution in [2.75, 3.05) is 42.6 Å². The first kappa shape index (κ1) is 20.9. The number of rotatable bonds is 6. The van der Waals surface area contributed by atoms with Crippen LogP contribution < -0.4 is 15.1 Å². The number of hydrogen-bond acceptors (Lipinski definition) is 6. The predicted octanol–water partition coefficient (Wildman–Crippen LogP) is 1.64. The minimum atomic E-state index is -0.570. The van der Waals surface area contributed by atoms with Gasteiger partial charge in [-0.05, 0) is 37.0 Å². The van der Waals surface area contributed by atoms with Crippen molar-refractivity contribution in [3.8, 4) is 6.07 Å². The number of carbonyl (C=O) groups excluding carboxylic acids is 2. The van der Waals surface area contributed by atoms with E-state index in [0.29, 0.717) is 37.3 Å². The van der Waals surface area contributed by atoms with Gasteiger partial charge >= 0.3 is 6.09 Å². The van der Waals surface area contributed by atoms with Crippen LogP contribution in [-0.4, -0.2) is 56.0 Å². The van der Waals surface area contributed by atoms with Crippen LogP contribution in [0.2, 0.25) is 0 Å². The van der Waals surface area contributed by atoms with E-state index in [1.54, 1.807) is 12.1 Å². The molecule has 2 aliphatic heterocycles. The topological polar surface area (TPSA) is 106 Å². The zero-order chi connectivity index (χ0) is 21.0. The van der Waals surface area contributed by atoms with Crippen LogP contribution >= 0.6 is 0 Å². The van der Waals surface area contributed by atoms with Crippen LogP contribution in [0.25, 0.3) is 0 Å². The molecule has 0 aromatic heterocycles. The Bertz CT molecular complexity index is 804. The van der Waals surface area contributed by atoms with Crippen molar-refractivity contribution in [1.82, 2.24) is 5.32 Å². The molecule has 2 N–H and O–H groups in total. The van der Waals surface area contributed by atoms with Crippen molar-refractivity contribution in [2.45, 2.75) is 25.9 Å². The maximum atomic E-state index is 14.8. The smallest absolute Gasteiger partial charge is 0.414 e. The van der Waals surface area contributed by atoms with Gasteiger partial charge < -0.3 is 20.1 Å². The third kappa shape index (κ3) is 4.77. The Morgan fingerprint density at radius 1 is 1.45 bits per heavy atom. The van der Waals surface area contributed by atoms with Gasteiger partial charge in [-0.1, -0.05) is 0 Å². The number of halogens is 1. The Balaban J connectivity index is 1.63. The molecule has 2 atom stereocenters. The molecule has 1 unspecified atom stereocenters. The summed E-state index contributed by atoms with van der Waals surface area (Å²) in [5.41, 5.74) is 0.855. The largest absolute Gasteiger partial charge is 0.442 e. The van der Waals surface area contributed by atoms with Gasteiger partial charge in [-0.25, -0.2) is 9.18 Å². The summed E-state index contributed by atoms with van der Waals surface area (Å²) in [5, 5.41) is 21.0. The molecular weight excluding hydrogens is 379 g/mol. The molecule has 0 radical (unpaired) electrons. The van der Waals surface area contributed by atoms with Crippen molar-refractivity contribution in [3.63, 3.8) is 0 Å². The number of aliphatic hydroxyl groups is 1. The summed E-state index contributed by atoms with van der Waals surface area (Å²) in [4.78, 5) is 26.4. The van der Waals surface area contributed by atoms with Crippen LogP contribution in [0.4, 0.5) is 20.6 Å². The van der Waals surface area contributed by atoms with E-state index < -0.39 is 18.0 Å². The Labute approximate surface area is 168 Å². The van der Waals surface area contributed by atoms with Gasteiger partial charge in [-0.3, -0.25) is 9.69 Å². The molecule has 2 heterocycles. The number of nitrogens with one attached hydrogen (secondary N) is 1. The molecule has 9 heteroatoms. The number of anilines is 2. The fourth-order valence-corrected chi connectivity index (χ4v) is 3.85. The normalized spacial score (nSPS) is 20.9. The third-order valence-electron chi connectivity index (χ3n) is 5.51. The molecule has 29 heavy (non-hydrogen) atoms. The second-order valence-corrected chi connectivity index (χ2v) is 7.43. The van der Waals surface area contributed by atoms with Gasteiger partial charge in [-0.2, -0.15) is 5.26 Å². The molecule has 0 aliphatic carbocycles. The SMILES string of the molecule is CC(=O)NC[C@H]1CN(c2ccc(N3CCC(C(C#N)CO)CC3)c(F)c2)C(=O)O1. The van der Waals surface area contributed by atoms with Crippen molar-refractivity contribution in [2.24, 2.45) is 11.8 Å². The van der Waals surface area contributed by atoms with Gasteiger partial charge in [0.1, 0.15) is 11.9 Å². The highest BCUT2D eigenvalue weighted by Crippen LogP contribution is 2.32. The standard InChI is InChI=1S/C20H25FN4O4/c1-13(27)23-10-17-11-25(20(28)29-17)16-2-3-19(18(21)8-16)24-6-4-14(5-7-24)15(9-22)12-26/h2-3,8,14-15,17,26H,4-7,10-12H2,1H3,(H,23,27)/t15?,17-/m0/s1. The van der Waals surface area contributed by atoms with Crippen LogP contribution in [0.1, 0.15) is 19.8 Å². The lowest BCUT2D eigenvalue weighted by atomic mass is 9.85. The maximum Gasteiger partial charge on any atom is 0.414 e. The summed E-state index contributed by atoms with van der Waals surface area (Å²) in [7, 11) is 0. The van der Waals surface area contributed by atoms with E-state index in [9.17, 15) is 19.1 Å². The van der Waals surface area contributed by atoms with Gasteiger partial charge in [-0.15, -0.1) is 0 Å². The van der Waals surface area contributed by atoms with Gasteiger partial charge in [0.15, 0.2) is 0 Å². The van der Waals surface area contributed by atoms with E-state index in [4.69, 9.17) is 10.00 Å². The van der Waals surface area contributed by atoms with Gasteiger partial charge in [0, 0.05) is 20.0 Å². The molecule has 2 saturated heterocycles. The number of carbonyl (C=O) groups is 2. The molecular formula is C20H25FN4O4. The first-order valence-corrected chi connectivity index (χ1v) is 9.70. The third-order valence-corrected chi connectivity index (χ3v) is 5.51. The van der Waals surface area contributed by atoms with E-state index >= 15 is 0 Å². The Morgan fingerprint density at radius 3 is 2.76 bits per heavy atom. The van der Waals surface area contributed by atoms with Crippen molar-refractivity contribution >= 4 is 23.4 Å². The zero-order valence-corrected chi connectivity index (χ0v) is 16.3. The van der Waals surface area contributed by atoms with E-state index in [1.165, 1.54) is 17.9 Å². The van der Waals surface area contributed by atoms with E-state index in [1.807, 2.05) is 4.90 Å². The van der Waals surface area contributed by atoms with Crippen molar-refractivity contribution in [1.29, 1.82) is 5.26 Å². The predicted molar refractivity (Wildman–Crippen MR) is 104 cm³/mol. The van der Waals surface area contributed by atoms with Gasteiger partial charge in [0.25, 0.3) is 0 Å². The molecule has 0 bridgehead atoms. The van der Waals surface area contributed by atoms with Crippen LogP contribution in [0.15, 0.2) is 18.2 Å². The molecule has 8 nitrogen and oxygen atoms in total. The van der Waals surface area contributed by atoms with Gasteiger partial charge in [0.05, 0.1) is 43.1 Å². The van der Waals surface area contributed by atoms with Crippen LogP contribution in [-0.2, 0) is 9.53 Å². The van der Waals surface area contributed by atoms with Crippen LogP contribution in [0.3, 0.4) is 0 Å². The molecule has 2 fully saturated rings. The molecule has 0 spiro atoms. The highest BCUT2D eigenvalue weighted by Gasteiger charge is 2.33. The minimum absolute atomic E-state index is 0.114. The van der Waals surface area contributed by atoms with Crippen molar-refractivity contribution < 1.29 is 23.8 Å². The summed E-state index contributed by atoms with van der Waals surface area (Å²) in [5.74, 6) is -0.906. The lowest BCUT2D eigenvalue weighted by Gasteiger charge is -2.35. The number of ether oxygens (including phenoxy) is 1. The van der Waals surface area contributed by atoms with E-state index in [0.717, 1.165) is 0 Å². The highest BCUT2D eigenvalue weighted by molar-refractivity contribution is 5.90. The lowest BCUT2D eigenvalue weighted by Crippen LogP contribution is -2.37. The Hall–Kier alpha value is -2.86. The lowest BCUT2D eigenvalue weighted by molar-refractivity contribution is -0.119. The minimum Gasteiger partial charge on any atom is -0.442 e. The summed E-state index contributed by atoms with van der Waals surface area (Å²) in [6, 6.07) is 6.77. The average molecular weight is 404 g/mol. The van der Waals surface area contributed by atoms with Gasteiger partial charge in [0.2, 0.25) is 5.91 Å². The Kier molecular flexibility index (Phi) is 6.54. The number of aliphatic hydroxyl groups excluding tert-OH is 1. The molecule has 0 saturated carbocycles. The molecule has 2 amide bonds. The molecule has 156 valence electrons. The van der Waals surface area contributed by atoms with Crippen LogP contribution in [0.5, 0.6) is 0 Å². The van der Waals surface area contributed by atoms with E-state index in [-0.39, 0.29) is 37.4 Å². The monoisotopic (exact) mass is 404 g/mol. The summed E-state index contributed by atoms with van der Waals surface area (Å²) in [6.07, 6.45) is 0.375. The number of amides is 2. The number of nitriles is 1. The number of piperidine rings is 1. The summed E-state index contributed by atoms with van der Waals surface area (Å²) in [6.45, 7) is 2.88. The Morgan fingerprint density at radius 2 is 2.17 bits per heavy atom. The molecule has 3 rings (SSSR count). The maximum absolute atomic E-state index is 14.8. The molecule has 1 aromatic carbocycles. The van der Waals surface area contributed by atoms with E-state index in [2.05, 4.69) is 11.4 Å². The molecule has 1 aromatic rings.